The van der Waals surface area contributed by atoms with Gasteiger partial charge in [0.25, 0.3) is 0 Å². The summed E-state index contributed by atoms with van der Waals surface area (Å²) in [6, 6.07) is 11.4. The van der Waals surface area contributed by atoms with Crippen molar-refractivity contribution in [1.82, 2.24) is 4.98 Å². The molecule has 0 aliphatic rings. The highest BCUT2D eigenvalue weighted by Gasteiger charge is 2.06. The molecule has 4 heteroatoms. The van der Waals surface area contributed by atoms with Gasteiger partial charge in [-0.3, -0.25) is 0 Å². The molecule has 0 saturated heterocycles. The first-order chi connectivity index (χ1) is 8.74. The van der Waals surface area contributed by atoms with E-state index in [1.54, 1.807) is 12.1 Å². The smallest absolute Gasteiger partial charge is 0.219 e. The average molecular weight is 282 g/mol. The number of alkyl halides is 1. The molecule has 0 aliphatic heterocycles. The topological polar surface area (TPSA) is 22.1 Å². The summed E-state index contributed by atoms with van der Waals surface area (Å²) in [6.07, 6.45) is 0.909. The molecule has 2 nitrogen and oxygen atoms in total. The Morgan fingerprint density at radius 2 is 1.94 bits per heavy atom. The number of aryl methyl sites for hydroxylation is 1. The van der Waals surface area contributed by atoms with Crippen LogP contribution in [0.15, 0.2) is 36.4 Å². The predicted molar refractivity (Wildman–Crippen MR) is 74.7 cm³/mol. The van der Waals surface area contributed by atoms with Crippen LogP contribution >= 0.6 is 23.2 Å². The summed E-state index contributed by atoms with van der Waals surface area (Å²) in [4.78, 5) is 4.28. The molecule has 0 amide bonds. The quantitative estimate of drug-likeness (QED) is 0.749. The minimum absolute atomic E-state index is 0.269. The van der Waals surface area contributed by atoms with Crippen molar-refractivity contribution >= 4 is 23.2 Å². The number of hydrogen-bond donors (Lipinski definition) is 0. The van der Waals surface area contributed by atoms with Crippen LogP contribution in [0.2, 0.25) is 5.02 Å². The van der Waals surface area contributed by atoms with Crippen LogP contribution in [-0.2, 0) is 12.3 Å². The van der Waals surface area contributed by atoms with E-state index in [1.807, 2.05) is 24.3 Å². The van der Waals surface area contributed by atoms with E-state index in [1.165, 1.54) is 0 Å². The molecule has 1 aromatic heterocycles. The zero-order chi connectivity index (χ0) is 13.0. The Hall–Kier alpha value is -1.25. The van der Waals surface area contributed by atoms with Gasteiger partial charge >= 0.3 is 0 Å². The molecule has 0 fully saturated rings. The SMILES string of the molecule is CCc1ccccc1Oc1ccc(Cl)c(CCl)n1. The summed E-state index contributed by atoms with van der Waals surface area (Å²) in [5, 5.41) is 0.557. The minimum atomic E-state index is 0.269. The Bertz CT molecular complexity index is 543. The second-order valence-corrected chi connectivity index (χ2v) is 4.45. The highest BCUT2D eigenvalue weighted by molar-refractivity contribution is 6.32. The first-order valence-corrected chi connectivity index (χ1v) is 6.63. The van der Waals surface area contributed by atoms with Crippen molar-refractivity contribution in [2.45, 2.75) is 19.2 Å². The molecule has 1 aromatic carbocycles. The van der Waals surface area contributed by atoms with E-state index in [0.717, 1.165) is 17.7 Å². The number of hydrogen-bond acceptors (Lipinski definition) is 2. The summed E-state index contributed by atoms with van der Waals surface area (Å²) in [7, 11) is 0. The van der Waals surface area contributed by atoms with Crippen molar-refractivity contribution in [3.8, 4) is 11.6 Å². The lowest BCUT2D eigenvalue weighted by atomic mass is 10.1. The fourth-order valence-electron chi connectivity index (χ4n) is 1.62. The molecular formula is C14H13Cl2NO. The van der Waals surface area contributed by atoms with Crippen LogP contribution < -0.4 is 4.74 Å². The number of rotatable bonds is 4. The molecule has 0 bridgehead atoms. The Morgan fingerprint density at radius 3 is 2.67 bits per heavy atom. The summed E-state index contributed by atoms with van der Waals surface area (Å²) < 4.78 is 5.77. The van der Waals surface area contributed by atoms with Crippen LogP contribution in [0.4, 0.5) is 0 Å². The number of aromatic nitrogens is 1. The van der Waals surface area contributed by atoms with Crippen LogP contribution in [0, 0.1) is 0 Å². The second-order valence-electron chi connectivity index (χ2n) is 3.77. The number of halogens is 2. The van der Waals surface area contributed by atoms with Crippen molar-refractivity contribution in [3.05, 3.63) is 52.7 Å². The van der Waals surface area contributed by atoms with Crippen LogP contribution in [0.1, 0.15) is 18.2 Å². The second kappa shape index (κ2) is 6.07. The highest BCUT2D eigenvalue weighted by Crippen LogP contribution is 2.26. The first kappa shape index (κ1) is 13.2. The molecular weight excluding hydrogens is 269 g/mol. The molecule has 0 radical (unpaired) electrons. The first-order valence-electron chi connectivity index (χ1n) is 5.71. The predicted octanol–water partition coefficient (Wildman–Crippen LogP) is 4.83. The number of para-hydroxylation sites is 1. The fourth-order valence-corrected chi connectivity index (χ4v) is 2.07. The fraction of sp³-hybridized carbons (Fsp3) is 0.214. The molecule has 0 atom stereocenters. The normalized spacial score (nSPS) is 10.4. The van der Waals surface area contributed by atoms with Gasteiger partial charge in [-0.05, 0) is 24.1 Å². The summed E-state index contributed by atoms with van der Waals surface area (Å²) in [5.74, 6) is 1.59. The van der Waals surface area contributed by atoms with E-state index < -0.39 is 0 Å². The molecule has 0 N–H and O–H groups in total. The van der Waals surface area contributed by atoms with Crippen molar-refractivity contribution in [2.75, 3.05) is 0 Å². The molecule has 1 heterocycles. The largest absolute Gasteiger partial charge is 0.439 e. The number of nitrogens with zero attached hydrogens (tertiary/aromatic N) is 1. The van der Waals surface area contributed by atoms with Gasteiger partial charge in [-0.25, -0.2) is 4.98 Å². The van der Waals surface area contributed by atoms with Gasteiger partial charge in [0.15, 0.2) is 0 Å². The zero-order valence-corrected chi connectivity index (χ0v) is 11.5. The van der Waals surface area contributed by atoms with Gasteiger partial charge in [0.1, 0.15) is 5.75 Å². The number of pyridine rings is 1. The average Bonchev–Trinajstić information content (AvgIpc) is 2.41. The molecule has 0 spiro atoms. The molecule has 0 aliphatic carbocycles. The van der Waals surface area contributed by atoms with Crippen LogP contribution in [0.25, 0.3) is 0 Å². The lowest BCUT2D eigenvalue weighted by molar-refractivity contribution is 0.456. The summed E-state index contributed by atoms with van der Waals surface area (Å²) >= 11 is 11.7. The maximum atomic E-state index is 5.96. The van der Waals surface area contributed by atoms with Crippen LogP contribution in [-0.4, -0.2) is 4.98 Å². The molecule has 0 saturated carbocycles. The maximum absolute atomic E-state index is 5.96. The maximum Gasteiger partial charge on any atom is 0.219 e. The molecule has 2 aromatic rings. The van der Waals surface area contributed by atoms with Gasteiger partial charge < -0.3 is 4.74 Å². The standard InChI is InChI=1S/C14H13Cl2NO/c1-2-10-5-3-4-6-13(10)18-14-8-7-11(16)12(9-15)17-14/h3-8H,2,9H2,1H3. The molecule has 0 unspecified atom stereocenters. The molecule has 2 rings (SSSR count). The van der Waals surface area contributed by atoms with Crippen molar-refractivity contribution in [2.24, 2.45) is 0 Å². The lowest BCUT2D eigenvalue weighted by Gasteiger charge is -2.10. The monoisotopic (exact) mass is 281 g/mol. The van der Waals surface area contributed by atoms with E-state index in [0.29, 0.717) is 16.6 Å². The number of benzene rings is 1. The van der Waals surface area contributed by atoms with E-state index in [4.69, 9.17) is 27.9 Å². The van der Waals surface area contributed by atoms with Crippen molar-refractivity contribution in [3.63, 3.8) is 0 Å². The molecule has 18 heavy (non-hydrogen) atoms. The van der Waals surface area contributed by atoms with E-state index in [9.17, 15) is 0 Å². The Balaban J connectivity index is 2.28. The van der Waals surface area contributed by atoms with E-state index in [-0.39, 0.29) is 5.88 Å². The van der Waals surface area contributed by atoms with Gasteiger partial charge in [-0.2, -0.15) is 0 Å². The Kier molecular flexibility index (Phi) is 4.45. The Morgan fingerprint density at radius 1 is 1.17 bits per heavy atom. The van der Waals surface area contributed by atoms with Gasteiger partial charge in [-0.15, -0.1) is 11.6 Å². The minimum Gasteiger partial charge on any atom is -0.439 e. The van der Waals surface area contributed by atoms with Crippen LogP contribution in [0.5, 0.6) is 11.6 Å². The van der Waals surface area contributed by atoms with Gasteiger partial charge in [0, 0.05) is 6.07 Å². The lowest BCUT2D eigenvalue weighted by Crippen LogP contribution is -1.95. The van der Waals surface area contributed by atoms with Gasteiger partial charge in [0.2, 0.25) is 5.88 Å². The third-order valence-corrected chi connectivity index (χ3v) is 3.18. The van der Waals surface area contributed by atoms with Crippen LogP contribution in [0.3, 0.4) is 0 Å². The van der Waals surface area contributed by atoms with Crippen molar-refractivity contribution < 1.29 is 4.74 Å². The van der Waals surface area contributed by atoms with E-state index in [2.05, 4.69) is 11.9 Å². The Labute approximate surface area is 117 Å². The molecule has 94 valence electrons. The number of ether oxygens (including phenoxy) is 1. The van der Waals surface area contributed by atoms with Gasteiger partial charge in [-0.1, -0.05) is 36.7 Å². The van der Waals surface area contributed by atoms with Crippen molar-refractivity contribution in [1.29, 1.82) is 0 Å². The highest BCUT2D eigenvalue weighted by atomic mass is 35.5. The third-order valence-electron chi connectivity index (χ3n) is 2.59. The summed E-state index contributed by atoms with van der Waals surface area (Å²) in [5.41, 5.74) is 1.77. The summed E-state index contributed by atoms with van der Waals surface area (Å²) in [6.45, 7) is 2.08. The van der Waals surface area contributed by atoms with Gasteiger partial charge in [0.05, 0.1) is 16.6 Å². The van der Waals surface area contributed by atoms with E-state index >= 15 is 0 Å². The third kappa shape index (κ3) is 2.95. The zero-order valence-electron chi connectivity index (χ0n) is 9.99.